The number of nitrogens with one attached hydrogen (secondary N) is 1. The van der Waals surface area contributed by atoms with Gasteiger partial charge < -0.3 is 4.90 Å². The molecule has 0 fully saturated rings. The third-order valence-corrected chi connectivity index (χ3v) is 5.30. The van der Waals surface area contributed by atoms with Crippen molar-refractivity contribution in [1.82, 2.24) is 9.62 Å². The van der Waals surface area contributed by atoms with Crippen molar-refractivity contribution in [2.45, 2.75) is 39.0 Å². The van der Waals surface area contributed by atoms with Gasteiger partial charge in [0.1, 0.15) is 5.82 Å². The molecule has 120 valence electrons. The molecule has 1 aromatic rings. The summed E-state index contributed by atoms with van der Waals surface area (Å²) in [6.07, 6.45) is 0.750. The number of hydrogen-bond acceptors (Lipinski definition) is 3. The van der Waals surface area contributed by atoms with Crippen molar-refractivity contribution >= 4 is 10.0 Å². The molecular formula is C15H25FN2O2S. The number of benzene rings is 1. The van der Waals surface area contributed by atoms with Gasteiger partial charge in [-0.3, -0.25) is 0 Å². The van der Waals surface area contributed by atoms with E-state index < -0.39 is 15.8 Å². The highest BCUT2D eigenvalue weighted by Crippen LogP contribution is 2.21. The molecule has 0 aliphatic heterocycles. The highest BCUT2D eigenvalue weighted by molar-refractivity contribution is 7.89. The SMILES string of the molecule is CCN(CC)CCCNS(=O)(=O)c1c(C)cc(F)cc1C. The third kappa shape index (κ3) is 5.05. The van der Waals surface area contributed by atoms with Crippen LogP contribution >= 0.6 is 0 Å². The molecule has 21 heavy (non-hydrogen) atoms. The summed E-state index contributed by atoms with van der Waals surface area (Å²) < 4.78 is 40.5. The Bertz CT molecular complexity index is 546. The number of rotatable bonds is 8. The van der Waals surface area contributed by atoms with Crippen molar-refractivity contribution in [3.05, 3.63) is 29.1 Å². The van der Waals surface area contributed by atoms with E-state index in [9.17, 15) is 12.8 Å². The topological polar surface area (TPSA) is 49.4 Å². The summed E-state index contributed by atoms with van der Waals surface area (Å²) >= 11 is 0. The maximum atomic E-state index is 13.2. The Morgan fingerprint density at radius 1 is 1.14 bits per heavy atom. The average Bonchev–Trinajstić information content (AvgIpc) is 2.37. The van der Waals surface area contributed by atoms with E-state index in [-0.39, 0.29) is 4.90 Å². The quantitative estimate of drug-likeness (QED) is 0.750. The van der Waals surface area contributed by atoms with Gasteiger partial charge in [0.25, 0.3) is 0 Å². The second-order valence-corrected chi connectivity index (χ2v) is 6.85. The third-order valence-electron chi connectivity index (χ3n) is 3.53. The molecule has 0 aliphatic carbocycles. The largest absolute Gasteiger partial charge is 0.304 e. The van der Waals surface area contributed by atoms with Crippen molar-refractivity contribution in [3.8, 4) is 0 Å². The normalized spacial score (nSPS) is 12.1. The molecule has 0 heterocycles. The van der Waals surface area contributed by atoms with Gasteiger partial charge in [0.15, 0.2) is 0 Å². The minimum Gasteiger partial charge on any atom is -0.304 e. The Kier molecular flexibility index (Phi) is 6.77. The van der Waals surface area contributed by atoms with Crippen molar-refractivity contribution in [1.29, 1.82) is 0 Å². The van der Waals surface area contributed by atoms with Crippen LogP contribution < -0.4 is 4.72 Å². The molecule has 0 unspecified atom stereocenters. The maximum absolute atomic E-state index is 13.2. The predicted molar refractivity (Wildman–Crippen MR) is 83.5 cm³/mol. The zero-order valence-corrected chi connectivity index (χ0v) is 14.1. The van der Waals surface area contributed by atoms with Crippen LogP contribution in [0.4, 0.5) is 4.39 Å². The maximum Gasteiger partial charge on any atom is 0.241 e. The smallest absolute Gasteiger partial charge is 0.241 e. The van der Waals surface area contributed by atoms with Gasteiger partial charge in [-0.1, -0.05) is 13.8 Å². The second-order valence-electron chi connectivity index (χ2n) is 5.15. The van der Waals surface area contributed by atoms with Gasteiger partial charge in [0, 0.05) is 6.54 Å². The molecule has 0 aromatic heterocycles. The Morgan fingerprint density at radius 3 is 2.14 bits per heavy atom. The Labute approximate surface area is 127 Å². The van der Waals surface area contributed by atoms with Gasteiger partial charge in [-0.25, -0.2) is 17.5 Å². The molecule has 1 rings (SSSR count). The average molecular weight is 316 g/mol. The van der Waals surface area contributed by atoms with E-state index in [0.29, 0.717) is 17.7 Å². The summed E-state index contributed by atoms with van der Waals surface area (Å²) in [5.41, 5.74) is 0.868. The zero-order valence-electron chi connectivity index (χ0n) is 13.2. The molecule has 1 aromatic carbocycles. The molecule has 0 radical (unpaired) electrons. The van der Waals surface area contributed by atoms with E-state index in [1.807, 2.05) is 0 Å². The first kappa shape index (κ1) is 18.1. The lowest BCUT2D eigenvalue weighted by Crippen LogP contribution is -2.30. The Balaban J connectivity index is 2.71. The van der Waals surface area contributed by atoms with Gasteiger partial charge in [-0.15, -0.1) is 0 Å². The lowest BCUT2D eigenvalue weighted by molar-refractivity contribution is 0.300. The molecule has 0 aliphatic rings. The van der Waals surface area contributed by atoms with Crippen LogP contribution in [-0.2, 0) is 10.0 Å². The zero-order chi connectivity index (χ0) is 16.0. The van der Waals surface area contributed by atoms with Crippen molar-refractivity contribution in [2.75, 3.05) is 26.2 Å². The second kappa shape index (κ2) is 7.87. The highest BCUT2D eigenvalue weighted by atomic mass is 32.2. The number of aryl methyl sites for hydroxylation is 2. The lowest BCUT2D eigenvalue weighted by Gasteiger charge is -2.18. The highest BCUT2D eigenvalue weighted by Gasteiger charge is 2.19. The molecule has 0 atom stereocenters. The summed E-state index contributed by atoms with van der Waals surface area (Å²) in [5.74, 6) is -0.412. The van der Waals surface area contributed by atoms with Crippen molar-refractivity contribution in [2.24, 2.45) is 0 Å². The van der Waals surface area contributed by atoms with Crippen LogP contribution in [0.1, 0.15) is 31.4 Å². The van der Waals surface area contributed by atoms with Crippen LogP contribution in [0.15, 0.2) is 17.0 Å². The van der Waals surface area contributed by atoms with E-state index in [0.717, 1.165) is 26.1 Å². The Morgan fingerprint density at radius 2 is 1.67 bits per heavy atom. The van der Waals surface area contributed by atoms with Gasteiger partial charge in [-0.2, -0.15) is 0 Å². The molecule has 0 saturated carbocycles. The number of halogens is 1. The van der Waals surface area contributed by atoms with Crippen molar-refractivity contribution in [3.63, 3.8) is 0 Å². The van der Waals surface area contributed by atoms with Crippen LogP contribution in [0, 0.1) is 19.7 Å². The van der Waals surface area contributed by atoms with E-state index in [1.165, 1.54) is 12.1 Å². The molecule has 1 N–H and O–H groups in total. The molecule has 6 heteroatoms. The van der Waals surface area contributed by atoms with Crippen LogP contribution in [0.3, 0.4) is 0 Å². The number of sulfonamides is 1. The monoisotopic (exact) mass is 316 g/mol. The summed E-state index contributed by atoms with van der Waals surface area (Å²) in [4.78, 5) is 2.43. The predicted octanol–water partition coefficient (Wildman–Crippen LogP) is 2.45. The van der Waals surface area contributed by atoms with E-state index in [2.05, 4.69) is 23.5 Å². The minimum atomic E-state index is -3.58. The fourth-order valence-electron chi connectivity index (χ4n) is 2.44. The summed E-state index contributed by atoms with van der Waals surface area (Å²) in [5, 5.41) is 0. The summed E-state index contributed by atoms with van der Waals surface area (Å²) in [6.45, 7) is 10.5. The molecule has 0 spiro atoms. The van der Waals surface area contributed by atoms with E-state index >= 15 is 0 Å². The summed E-state index contributed by atoms with van der Waals surface area (Å²) in [7, 11) is -3.58. The number of hydrogen-bond donors (Lipinski definition) is 1. The summed E-state index contributed by atoms with van der Waals surface area (Å²) in [6, 6.07) is 2.49. The first-order valence-corrected chi connectivity index (χ1v) is 8.78. The van der Waals surface area contributed by atoms with E-state index in [1.54, 1.807) is 13.8 Å². The fraction of sp³-hybridized carbons (Fsp3) is 0.600. The molecule has 0 saturated heterocycles. The van der Waals surface area contributed by atoms with Crippen LogP contribution in [-0.4, -0.2) is 39.5 Å². The van der Waals surface area contributed by atoms with Crippen LogP contribution in [0.25, 0.3) is 0 Å². The van der Waals surface area contributed by atoms with Gasteiger partial charge in [0.05, 0.1) is 4.90 Å². The molecule has 0 amide bonds. The fourth-order valence-corrected chi connectivity index (χ4v) is 3.97. The lowest BCUT2D eigenvalue weighted by atomic mass is 10.1. The first-order chi connectivity index (χ1) is 9.81. The van der Waals surface area contributed by atoms with E-state index in [4.69, 9.17) is 0 Å². The van der Waals surface area contributed by atoms with Gasteiger partial charge in [0.2, 0.25) is 10.0 Å². The minimum absolute atomic E-state index is 0.187. The first-order valence-electron chi connectivity index (χ1n) is 7.30. The number of nitrogens with zero attached hydrogens (tertiary/aromatic N) is 1. The van der Waals surface area contributed by atoms with Crippen LogP contribution in [0.5, 0.6) is 0 Å². The van der Waals surface area contributed by atoms with Gasteiger partial charge in [-0.05, 0) is 63.2 Å². The molecular weight excluding hydrogens is 291 g/mol. The Hall–Kier alpha value is -0.980. The molecule has 0 bridgehead atoms. The standard InChI is InChI=1S/C15H25FN2O2S/c1-5-18(6-2)9-7-8-17-21(19,20)15-12(3)10-14(16)11-13(15)4/h10-11,17H,5-9H2,1-4H3. The van der Waals surface area contributed by atoms with Crippen molar-refractivity contribution < 1.29 is 12.8 Å². The molecule has 4 nitrogen and oxygen atoms in total. The van der Waals surface area contributed by atoms with Gasteiger partial charge >= 0.3 is 0 Å². The van der Waals surface area contributed by atoms with Crippen LogP contribution in [0.2, 0.25) is 0 Å².